The average molecular weight is 232 g/mol. The molecular formula is C15H24N2. The van der Waals surface area contributed by atoms with Crippen molar-refractivity contribution in [3.63, 3.8) is 0 Å². The molecular weight excluding hydrogens is 208 g/mol. The van der Waals surface area contributed by atoms with Crippen molar-refractivity contribution in [1.82, 2.24) is 5.32 Å². The third-order valence-corrected chi connectivity index (χ3v) is 3.84. The molecule has 1 aromatic rings. The molecule has 1 aliphatic rings. The Morgan fingerprint density at radius 2 is 1.88 bits per heavy atom. The molecule has 0 amide bonds. The van der Waals surface area contributed by atoms with E-state index in [1.807, 2.05) is 0 Å². The smallest absolute Gasteiger partial charge is 0.0429 e. The molecule has 94 valence electrons. The highest BCUT2D eigenvalue weighted by Crippen LogP contribution is 2.28. The highest BCUT2D eigenvalue weighted by molar-refractivity contribution is 5.37. The van der Waals surface area contributed by atoms with E-state index in [0.717, 1.165) is 6.54 Å². The predicted molar refractivity (Wildman–Crippen MR) is 73.2 cm³/mol. The second-order valence-corrected chi connectivity index (χ2v) is 5.71. The Balaban J connectivity index is 2.20. The van der Waals surface area contributed by atoms with Crippen molar-refractivity contribution >= 4 is 0 Å². The van der Waals surface area contributed by atoms with Gasteiger partial charge >= 0.3 is 0 Å². The molecule has 0 radical (unpaired) electrons. The topological polar surface area (TPSA) is 38.0 Å². The van der Waals surface area contributed by atoms with Crippen LogP contribution in [0.2, 0.25) is 0 Å². The molecule has 0 atom stereocenters. The van der Waals surface area contributed by atoms with Gasteiger partial charge in [0.15, 0.2) is 0 Å². The van der Waals surface area contributed by atoms with Gasteiger partial charge in [-0.3, -0.25) is 0 Å². The van der Waals surface area contributed by atoms with E-state index in [-0.39, 0.29) is 5.41 Å². The quantitative estimate of drug-likeness (QED) is 0.782. The van der Waals surface area contributed by atoms with E-state index < -0.39 is 0 Å². The summed E-state index contributed by atoms with van der Waals surface area (Å²) in [7, 11) is 0. The van der Waals surface area contributed by atoms with E-state index in [1.54, 1.807) is 11.1 Å². The third-order valence-electron chi connectivity index (χ3n) is 3.84. The second kappa shape index (κ2) is 5.19. The fourth-order valence-corrected chi connectivity index (χ4v) is 2.64. The molecule has 1 aliphatic carbocycles. The normalized spacial score (nSPS) is 15.7. The van der Waals surface area contributed by atoms with Crippen molar-refractivity contribution in [2.24, 2.45) is 5.73 Å². The zero-order valence-electron chi connectivity index (χ0n) is 11.1. The van der Waals surface area contributed by atoms with Gasteiger partial charge in [0.2, 0.25) is 0 Å². The zero-order chi connectivity index (χ0) is 12.3. The number of benzene rings is 1. The summed E-state index contributed by atoms with van der Waals surface area (Å²) in [5.41, 5.74) is 10.2. The second-order valence-electron chi connectivity index (χ2n) is 5.71. The molecule has 0 saturated heterocycles. The molecule has 0 fully saturated rings. The van der Waals surface area contributed by atoms with E-state index in [2.05, 4.69) is 37.4 Å². The van der Waals surface area contributed by atoms with Crippen molar-refractivity contribution < 1.29 is 0 Å². The summed E-state index contributed by atoms with van der Waals surface area (Å²) >= 11 is 0. The van der Waals surface area contributed by atoms with Crippen LogP contribution in [0.1, 0.15) is 43.4 Å². The fraction of sp³-hybridized carbons (Fsp3) is 0.600. The first kappa shape index (κ1) is 12.6. The Morgan fingerprint density at radius 3 is 2.59 bits per heavy atom. The molecule has 0 aromatic heterocycles. The van der Waals surface area contributed by atoms with Gasteiger partial charge in [0.05, 0.1) is 0 Å². The minimum Gasteiger partial charge on any atom is -0.318 e. The van der Waals surface area contributed by atoms with Crippen LogP contribution in [0.5, 0.6) is 0 Å². The molecule has 3 N–H and O–H groups in total. The first-order valence-electron chi connectivity index (χ1n) is 6.66. The third kappa shape index (κ3) is 2.88. The number of hydrogen-bond donors (Lipinski definition) is 2. The zero-order valence-corrected chi connectivity index (χ0v) is 11.1. The van der Waals surface area contributed by atoms with Crippen LogP contribution in [0, 0.1) is 0 Å². The van der Waals surface area contributed by atoms with Crippen LogP contribution in [-0.4, -0.2) is 13.2 Å². The molecule has 0 bridgehead atoms. The summed E-state index contributed by atoms with van der Waals surface area (Å²) in [5, 5.41) is 3.24. The van der Waals surface area contributed by atoms with E-state index in [9.17, 15) is 0 Å². The van der Waals surface area contributed by atoms with Gasteiger partial charge in [0, 0.05) is 18.6 Å². The molecule has 0 heterocycles. The highest BCUT2D eigenvalue weighted by Gasteiger charge is 2.21. The van der Waals surface area contributed by atoms with E-state index in [0.29, 0.717) is 6.67 Å². The lowest BCUT2D eigenvalue weighted by molar-refractivity contribution is 0.473. The molecule has 0 spiro atoms. The SMILES string of the molecule is CC(C)(CNCN)c1ccc2c(c1)CCCC2. The van der Waals surface area contributed by atoms with E-state index >= 15 is 0 Å². The Hall–Kier alpha value is -0.860. The maximum atomic E-state index is 5.51. The number of nitrogens with two attached hydrogens (primary N) is 1. The standard InChI is InChI=1S/C15H24N2/c1-15(2,10-17-11-16)14-8-7-12-5-3-4-6-13(12)9-14/h7-9,17H,3-6,10-11,16H2,1-2H3. The van der Waals surface area contributed by atoms with Crippen LogP contribution < -0.4 is 11.1 Å². The van der Waals surface area contributed by atoms with Crippen LogP contribution in [-0.2, 0) is 18.3 Å². The van der Waals surface area contributed by atoms with Gasteiger partial charge in [0.1, 0.15) is 0 Å². The van der Waals surface area contributed by atoms with Crippen LogP contribution in [0.15, 0.2) is 18.2 Å². The van der Waals surface area contributed by atoms with E-state index in [1.165, 1.54) is 31.2 Å². The van der Waals surface area contributed by atoms with Crippen LogP contribution >= 0.6 is 0 Å². The summed E-state index contributed by atoms with van der Waals surface area (Å²) in [6.07, 6.45) is 5.21. The predicted octanol–water partition coefficient (Wildman–Crippen LogP) is 2.35. The summed E-state index contributed by atoms with van der Waals surface area (Å²) in [6, 6.07) is 7.03. The summed E-state index contributed by atoms with van der Waals surface area (Å²) in [4.78, 5) is 0. The lowest BCUT2D eigenvalue weighted by atomic mass is 9.81. The van der Waals surface area contributed by atoms with Crippen molar-refractivity contribution in [3.8, 4) is 0 Å². The van der Waals surface area contributed by atoms with Gasteiger partial charge < -0.3 is 11.1 Å². The van der Waals surface area contributed by atoms with Gasteiger partial charge in [-0.1, -0.05) is 32.0 Å². The molecule has 0 saturated carbocycles. The van der Waals surface area contributed by atoms with Gasteiger partial charge in [0.25, 0.3) is 0 Å². The Labute approximate surface area is 105 Å². The molecule has 1 aromatic carbocycles. The molecule has 0 aliphatic heterocycles. The minimum atomic E-state index is 0.159. The van der Waals surface area contributed by atoms with Gasteiger partial charge in [-0.05, 0) is 42.4 Å². The molecule has 2 heteroatoms. The Kier molecular flexibility index (Phi) is 3.85. The number of hydrogen-bond acceptors (Lipinski definition) is 2. The monoisotopic (exact) mass is 232 g/mol. The molecule has 2 nitrogen and oxygen atoms in total. The van der Waals surface area contributed by atoms with Crippen molar-refractivity contribution in [2.45, 2.75) is 44.9 Å². The number of fused-ring (bicyclic) bond motifs is 1. The Morgan fingerprint density at radius 1 is 1.18 bits per heavy atom. The largest absolute Gasteiger partial charge is 0.318 e. The molecule has 17 heavy (non-hydrogen) atoms. The van der Waals surface area contributed by atoms with Gasteiger partial charge in [-0.15, -0.1) is 0 Å². The molecule has 0 unspecified atom stereocenters. The summed E-state index contributed by atoms with van der Waals surface area (Å²) in [6.45, 7) is 6.04. The van der Waals surface area contributed by atoms with Crippen LogP contribution in [0.25, 0.3) is 0 Å². The van der Waals surface area contributed by atoms with Crippen molar-refractivity contribution in [2.75, 3.05) is 13.2 Å². The maximum Gasteiger partial charge on any atom is 0.0429 e. The van der Waals surface area contributed by atoms with Gasteiger partial charge in [-0.25, -0.2) is 0 Å². The number of nitrogens with one attached hydrogen (secondary N) is 1. The molecule has 2 rings (SSSR count). The van der Waals surface area contributed by atoms with Crippen LogP contribution in [0.3, 0.4) is 0 Å². The average Bonchev–Trinajstić information content (AvgIpc) is 2.36. The minimum absolute atomic E-state index is 0.159. The lowest BCUT2D eigenvalue weighted by Crippen LogP contribution is -2.36. The van der Waals surface area contributed by atoms with Gasteiger partial charge in [-0.2, -0.15) is 0 Å². The summed E-state index contributed by atoms with van der Waals surface area (Å²) in [5.74, 6) is 0. The maximum absolute atomic E-state index is 5.51. The highest BCUT2D eigenvalue weighted by atomic mass is 15.0. The van der Waals surface area contributed by atoms with E-state index in [4.69, 9.17) is 5.73 Å². The fourth-order valence-electron chi connectivity index (χ4n) is 2.64. The number of aryl methyl sites for hydroxylation is 2. The van der Waals surface area contributed by atoms with Crippen molar-refractivity contribution in [1.29, 1.82) is 0 Å². The first-order chi connectivity index (χ1) is 8.13. The first-order valence-corrected chi connectivity index (χ1v) is 6.66. The van der Waals surface area contributed by atoms with Crippen LogP contribution in [0.4, 0.5) is 0 Å². The Bertz CT molecular complexity index is 383. The number of rotatable bonds is 4. The lowest BCUT2D eigenvalue weighted by Gasteiger charge is -2.27. The summed E-state index contributed by atoms with van der Waals surface area (Å²) < 4.78 is 0. The van der Waals surface area contributed by atoms with Crippen molar-refractivity contribution in [3.05, 3.63) is 34.9 Å².